The predicted octanol–water partition coefficient (Wildman–Crippen LogP) is 3.09. The Balaban J connectivity index is 3.15. The maximum absolute atomic E-state index is 11.3. The van der Waals surface area contributed by atoms with Gasteiger partial charge in [0.1, 0.15) is 0 Å². The molecule has 17 heavy (non-hydrogen) atoms. The van der Waals surface area contributed by atoms with E-state index >= 15 is 0 Å². The zero-order valence-electron chi connectivity index (χ0n) is 10.7. The van der Waals surface area contributed by atoms with Crippen LogP contribution >= 0.6 is 11.8 Å². The van der Waals surface area contributed by atoms with Crippen LogP contribution < -0.4 is 4.90 Å². The first-order valence-electron chi connectivity index (χ1n) is 5.52. The number of para-hydroxylation sites is 1. The highest BCUT2D eigenvalue weighted by molar-refractivity contribution is 8.13. The molecule has 0 spiro atoms. The van der Waals surface area contributed by atoms with E-state index in [-0.39, 0.29) is 6.04 Å². The van der Waals surface area contributed by atoms with Gasteiger partial charge in [-0.2, -0.15) is 0 Å². The van der Waals surface area contributed by atoms with Crippen LogP contribution in [-0.2, 0) is 4.79 Å². The predicted molar refractivity (Wildman–Crippen MR) is 75.8 cm³/mol. The molecule has 0 saturated carbocycles. The number of aliphatic imine (C=N–C) groups is 1. The number of hydrogen-bond donors (Lipinski definition) is 0. The van der Waals surface area contributed by atoms with E-state index in [0.717, 1.165) is 22.8 Å². The highest BCUT2D eigenvalue weighted by Crippen LogP contribution is 2.21. The number of carbonyl (C=O) groups excluding carboxylic acids is 1. The smallest absolute Gasteiger partial charge is 0.220 e. The zero-order chi connectivity index (χ0) is 12.8. The molecular formula is C13H18N2OS. The first-order chi connectivity index (χ1) is 8.10. The summed E-state index contributed by atoms with van der Waals surface area (Å²) < 4.78 is 0. The second kappa shape index (κ2) is 6.45. The quantitative estimate of drug-likeness (QED) is 0.469. The largest absolute Gasteiger partial charge is 0.278 e. The van der Waals surface area contributed by atoms with E-state index in [9.17, 15) is 4.79 Å². The van der Waals surface area contributed by atoms with Gasteiger partial charge in [-0.1, -0.05) is 30.0 Å². The van der Waals surface area contributed by atoms with Crippen LogP contribution in [0.4, 0.5) is 5.69 Å². The summed E-state index contributed by atoms with van der Waals surface area (Å²) in [6.07, 6.45) is 2.75. The van der Waals surface area contributed by atoms with Gasteiger partial charge >= 0.3 is 0 Å². The van der Waals surface area contributed by atoms with Gasteiger partial charge in [-0.25, -0.2) is 0 Å². The van der Waals surface area contributed by atoms with Crippen LogP contribution in [-0.4, -0.2) is 23.9 Å². The molecule has 0 aliphatic rings. The average Bonchev–Trinajstić information content (AvgIpc) is 2.30. The van der Waals surface area contributed by atoms with Gasteiger partial charge < -0.3 is 0 Å². The molecule has 0 aromatic heterocycles. The molecule has 0 radical (unpaired) electrons. The normalized spacial score (nSPS) is 11.7. The minimum atomic E-state index is 0.170. The standard InChI is InChI=1S/C13H18N2OS/c1-10(2)14-13(17-4)15(9-16)12-8-6-5-7-11(12)3/h5-10H,1-4H3. The van der Waals surface area contributed by atoms with Gasteiger partial charge in [-0.3, -0.25) is 14.7 Å². The molecule has 1 rings (SSSR count). The topological polar surface area (TPSA) is 32.7 Å². The van der Waals surface area contributed by atoms with Crippen molar-refractivity contribution in [2.45, 2.75) is 26.8 Å². The zero-order valence-corrected chi connectivity index (χ0v) is 11.5. The van der Waals surface area contributed by atoms with Gasteiger partial charge in [0.05, 0.1) is 5.69 Å². The molecule has 3 nitrogen and oxygen atoms in total. The molecule has 0 heterocycles. The van der Waals surface area contributed by atoms with E-state index in [0.29, 0.717) is 0 Å². The Morgan fingerprint density at radius 3 is 2.53 bits per heavy atom. The summed E-state index contributed by atoms with van der Waals surface area (Å²) in [5.74, 6) is 0. The van der Waals surface area contributed by atoms with Gasteiger partial charge in [-0.15, -0.1) is 0 Å². The fourth-order valence-electron chi connectivity index (χ4n) is 1.47. The van der Waals surface area contributed by atoms with Crippen molar-refractivity contribution in [1.29, 1.82) is 0 Å². The highest BCUT2D eigenvalue weighted by Gasteiger charge is 2.14. The fraction of sp³-hybridized carbons (Fsp3) is 0.385. The van der Waals surface area contributed by atoms with Crippen LogP contribution in [0.25, 0.3) is 0 Å². The van der Waals surface area contributed by atoms with Crippen LogP contribution in [0.5, 0.6) is 0 Å². The molecule has 92 valence electrons. The Morgan fingerprint density at radius 1 is 1.41 bits per heavy atom. The summed E-state index contributed by atoms with van der Waals surface area (Å²) in [7, 11) is 0. The fourth-order valence-corrected chi connectivity index (χ4v) is 2.13. The van der Waals surface area contributed by atoms with E-state index in [1.165, 1.54) is 11.8 Å². The number of benzene rings is 1. The summed E-state index contributed by atoms with van der Waals surface area (Å²) in [6, 6.07) is 7.96. The molecule has 0 atom stereocenters. The Kier molecular flexibility index (Phi) is 5.22. The van der Waals surface area contributed by atoms with Gasteiger partial charge in [0.15, 0.2) is 5.17 Å². The minimum absolute atomic E-state index is 0.170. The lowest BCUT2D eigenvalue weighted by Crippen LogP contribution is -2.28. The highest BCUT2D eigenvalue weighted by atomic mass is 32.2. The first kappa shape index (κ1) is 13.8. The van der Waals surface area contributed by atoms with Crippen molar-refractivity contribution in [3.05, 3.63) is 29.8 Å². The number of aryl methyl sites for hydroxylation is 1. The third-order valence-corrected chi connectivity index (χ3v) is 2.90. The molecule has 1 aromatic rings. The van der Waals surface area contributed by atoms with E-state index < -0.39 is 0 Å². The molecule has 0 bridgehead atoms. The van der Waals surface area contributed by atoms with Crippen molar-refractivity contribution in [1.82, 2.24) is 0 Å². The van der Waals surface area contributed by atoms with E-state index in [1.54, 1.807) is 4.90 Å². The summed E-state index contributed by atoms with van der Waals surface area (Å²) in [6.45, 7) is 5.98. The molecule has 0 aliphatic heterocycles. The number of carbonyl (C=O) groups is 1. The maximum Gasteiger partial charge on any atom is 0.220 e. The SMILES string of the molecule is CSC(=NC(C)C)N(C=O)c1ccccc1C. The maximum atomic E-state index is 11.3. The lowest BCUT2D eigenvalue weighted by Gasteiger charge is -2.20. The van der Waals surface area contributed by atoms with Gasteiger partial charge in [-0.05, 0) is 38.7 Å². The lowest BCUT2D eigenvalue weighted by atomic mass is 10.2. The Bertz CT molecular complexity index is 416. The van der Waals surface area contributed by atoms with Crippen LogP contribution in [0.15, 0.2) is 29.3 Å². The molecule has 1 aromatic carbocycles. The van der Waals surface area contributed by atoms with Crippen molar-refractivity contribution in [2.24, 2.45) is 4.99 Å². The molecule has 0 aliphatic carbocycles. The molecule has 4 heteroatoms. The monoisotopic (exact) mass is 250 g/mol. The number of amides is 1. The Hall–Kier alpha value is -1.29. The minimum Gasteiger partial charge on any atom is -0.278 e. The van der Waals surface area contributed by atoms with Crippen LogP contribution in [0.3, 0.4) is 0 Å². The Morgan fingerprint density at radius 2 is 2.06 bits per heavy atom. The van der Waals surface area contributed by atoms with Crippen molar-refractivity contribution in [3.8, 4) is 0 Å². The number of thioether (sulfide) groups is 1. The first-order valence-corrected chi connectivity index (χ1v) is 6.74. The van der Waals surface area contributed by atoms with Crippen molar-refractivity contribution in [2.75, 3.05) is 11.2 Å². The van der Waals surface area contributed by atoms with E-state index in [4.69, 9.17) is 0 Å². The number of anilines is 1. The lowest BCUT2D eigenvalue weighted by molar-refractivity contribution is -0.106. The number of amidine groups is 1. The number of hydrogen-bond acceptors (Lipinski definition) is 3. The second-order valence-corrected chi connectivity index (χ2v) is 4.74. The molecule has 0 saturated heterocycles. The van der Waals surface area contributed by atoms with Gasteiger partial charge in [0.2, 0.25) is 6.41 Å². The van der Waals surface area contributed by atoms with Gasteiger partial charge in [0.25, 0.3) is 0 Å². The van der Waals surface area contributed by atoms with Crippen molar-refractivity contribution < 1.29 is 4.79 Å². The molecular weight excluding hydrogens is 232 g/mol. The van der Waals surface area contributed by atoms with Crippen LogP contribution in [0.2, 0.25) is 0 Å². The molecule has 0 N–H and O–H groups in total. The van der Waals surface area contributed by atoms with Crippen molar-refractivity contribution >= 4 is 29.0 Å². The van der Waals surface area contributed by atoms with Crippen molar-refractivity contribution in [3.63, 3.8) is 0 Å². The summed E-state index contributed by atoms with van der Waals surface area (Å²) in [5, 5.41) is 0.726. The van der Waals surface area contributed by atoms with Crippen LogP contribution in [0, 0.1) is 6.92 Å². The summed E-state index contributed by atoms with van der Waals surface area (Å²) in [5.41, 5.74) is 1.95. The van der Waals surface area contributed by atoms with Crippen LogP contribution in [0.1, 0.15) is 19.4 Å². The molecule has 0 fully saturated rings. The molecule has 1 amide bonds. The summed E-state index contributed by atoms with van der Waals surface area (Å²) in [4.78, 5) is 17.3. The summed E-state index contributed by atoms with van der Waals surface area (Å²) >= 11 is 1.48. The third-order valence-electron chi connectivity index (χ3n) is 2.24. The van der Waals surface area contributed by atoms with Gasteiger partial charge in [0, 0.05) is 6.04 Å². The van der Waals surface area contributed by atoms with E-state index in [2.05, 4.69) is 4.99 Å². The second-order valence-electron chi connectivity index (χ2n) is 3.97. The Labute approximate surface area is 107 Å². The number of nitrogens with zero attached hydrogens (tertiary/aromatic N) is 2. The average molecular weight is 250 g/mol. The van der Waals surface area contributed by atoms with E-state index in [1.807, 2.05) is 51.3 Å². The molecule has 0 unspecified atom stereocenters. The third kappa shape index (κ3) is 3.60. The number of rotatable bonds is 3.